The van der Waals surface area contributed by atoms with Gasteiger partial charge in [0.1, 0.15) is 0 Å². The van der Waals surface area contributed by atoms with Crippen LogP contribution in [0.4, 0.5) is 0 Å². The maximum absolute atomic E-state index is 10.8. The Balaban J connectivity index is 2.71. The summed E-state index contributed by atoms with van der Waals surface area (Å²) in [4.78, 5) is 10.8. The third kappa shape index (κ3) is 2.43. The third-order valence-corrected chi connectivity index (χ3v) is 1.47. The summed E-state index contributed by atoms with van der Waals surface area (Å²) in [6, 6.07) is 3.26. The molecule has 0 N–H and O–H groups in total. The first kappa shape index (κ1) is 8.87. The molecule has 1 heterocycles. The van der Waals surface area contributed by atoms with Crippen molar-refractivity contribution in [1.29, 1.82) is 0 Å². The molecule has 0 spiro atoms. The number of carbonyl (C=O) groups is 1. The van der Waals surface area contributed by atoms with Crippen LogP contribution in [0.5, 0.6) is 0 Å². The summed E-state index contributed by atoms with van der Waals surface area (Å²) in [5, 5.41) is 7.63. The molecule has 1 aromatic rings. The lowest BCUT2D eigenvalue weighted by atomic mass is 10.2. The molecule has 0 fully saturated rings. The Kier molecular flexibility index (Phi) is 2.94. The second-order valence-corrected chi connectivity index (χ2v) is 2.58. The van der Waals surface area contributed by atoms with Crippen molar-refractivity contribution in [1.82, 2.24) is 10.2 Å². The standard InChI is InChI=1S/C8H7ClN2O/c1-2-7(12)5-6-3-4-8(9)11-10-6/h2-4H,1,5H2. The van der Waals surface area contributed by atoms with E-state index in [0.717, 1.165) is 0 Å². The molecule has 0 aromatic carbocycles. The second-order valence-electron chi connectivity index (χ2n) is 2.19. The van der Waals surface area contributed by atoms with Gasteiger partial charge < -0.3 is 0 Å². The Bertz CT molecular complexity index is 294. The van der Waals surface area contributed by atoms with E-state index in [4.69, 9.17) is 11.6 Å². The molecule has 1 rings (SSSR count). The minimum Gasteiger partial charge on any atom is -0.294 e. The molecule has 0 saturated heterocycles. The number of carbonyl (C=O) groups excluding carboxylic acids is 1. The molecule has 12 heavy (non-hydrogen) atoms. The Morgan fingerprint density at radius 3 is 2.83 bits per heavy atom. The SMILES string of the molecule is C=CC(=O)Cc1ccc(Cl)nn1. The molecule has 0 amide bonds. The highest BCUT2D eigenvalue weighted by Gasteiger charge is 2.00. The molecule has 0 atom stereocenters. The maximum atomic E-state index is 10.8. The van der Waals surface area contributed by atoms with Gasteiger partial charge in [0.05, 0.1) is 12.1 Å². The van der Waals surface area contributed by atoms with E-state index < -0.39 is 0 Å². The van der Waals surface area contributed by atoms with Crippen LogP contribution in [-0.4, -0.2) is 16.0 Å². The highest BCUT2D eigenvalue weighted by atomic mass is 35.5. The first-order valence-corrected chi connectivity index (χ1v) is 3.73. The molecule has 0 saturated carbocycles. The summed E-state index contributed by atoms with van der Waals surface area (Å²) in [6.07, 6.45) is 1.49. The summed E-state index contributed by atoms with van der Waals surface area (Å²) in [7, 11) is 0. The van der Waals surface area contributed by atoms with Gasteiger partial charge in [-0.2, -0.15) is 5.10 Å². The predicted octanol–water partition coefficient (Wildman–Crippen LogP) is 1.43. The Morgan fingerprint density at radius 2 is 2.33 bits per heavy atom. The molecule has 0 aliphatic carbocycles. The van der Waals surface area contributed by atoms with Crippen LogP contribution in [0.3, 0.4) is 0 Å². The van der Waals surface area contributed by atoms with Crippen LogP contribution in [0, 0.1) is 0 Å². The van der Waals surface area contributed by atoms with Crippen molar-refractivity contribution in [2.24, 2.45) is 0 Å². The lowest BCUT2D eigenvalue weighted by molar-refractivity contribution is -0.114. The number of ketones is 1. The number of rotatable bonds is 3. The first-order chi connectivity index (χ1) is 5.72. The highest BCUT2D eigenvalue weighted by molar-refractivity contribution is 6.29. The molecule has 1 aromatic heterocycles. The van der Waals surface area contributed by atoms with Crippen LogP contribution in [0.2, 0.25) is 5.15 Å². The number of allylic oxidation sites excluding steroid dienone is 1. The molecule has 4 heteroatoms. The van der Waals surface area contributed by atoms with Gasteiger partial charge in [-0.3, -0.25) is 4.79 Å². The van der Waals surface area contributed by atoms with E-state index in [9.17, 15) is 4.79 Å². The summed E-state index contributed by atoms with van der Waals surface area (Å²) in [5.41, 5.74) is 0.601. The minimum atomic E-state index is -0.0772. The van der Waals surface area contributed by atoms with Gasteiger partial charge in [-0.15, -0.1) is 5.10 Å². The van der Waals surface area contributed by atoms with Crippen molar-refractivity contribution >= 4 is 17.4 Å². The summed E-state index contributed by atoms with van der Waals surface area (Å²) in [5.74, 6) is -0.0772. The number of hydrogen-bond donors (Lipinski definition) is 0. The van der Waals surface area contributed by atoms with Crippen molar-refractivity contribution in [3.8, 4) is 0 Å². The van der Waals surface area contributed by atoms with Gasteiger partial charge in [0.25, 0.3) is 0 Å². The third-order valence-electron chi connectivity index (χ3n) is 1.27. The summed E-state index contributed by atoms with van der Waals surface area (Å²) < 4.78 is 0. The zero-order valence-corrected chi connectivity index (χ0v) is 7.08. The van der Waals surface area contributed by atoms with Crippen LogP contribution >= 0.6 is 11.6 Å². The number of nitrogens with zero attached hydrogens (tertiary/aromatic N) is 2. The topological polar surface area (TPSA) is 42.9 Å². The molecule has 62 valence electrons. The van der Waals surface area contributed by atoms with E-state index in [2.05, 4.69) is 16.8 Å². The van der Waals surface area contributed by atoms with E-state index in [0.29, 0.717) is 10.8 Å². The zero-order valence-electron chi connectivity index (χ0n) is 6.33. The fourth-order valence-corrected chi connectivity index (χ4v) is 0.789. The van der Waals surface area contributed by atoms with Crippen molar-refractivity contribution in [2.75, 3.05) is 0 Å². The van der Waals surface area contributed by atoms with Crippen molar-refractivity contribution in [2.45, 2.75) is 6.42 Å². The van der Waals surface area contributed by atoms with Gasteiger partial charge in [-0.1, -0.05) is 18.2 Å². The fourth-order valence-electron chi connectivity index (χ4n) is 0.689. The van der Waals surface area contributed by atoms with Gasteiger partial charge in [-0.05, 0) is 18.2 Å². The quantitative estimate of drug-likeness (QED) is 0.665. The lowest BCUT2D eigenvalue weighted by Gasteiger charge is -1.94. The molecule has 0 bridgehead atoms. The largest absolute Gasteiger partial charge is 0.294 e. The van der Waals surface area contributed by atoms with Crippen LogP contribution in [0.15, 0.2) is 24.8 Å². The van der Waals surface area contributed by atoms with Crippen LogP contribution in [0.1, 0.15) is 5.69 Å². The van der Waals surface area contributed by atoms with Crippen molar-refractivity contribution in [3.63, 3.8) is 0 Å². The molecule has 3 nitrogen and oxygen atoms in total. The van der Waals surface area contributed by atoms with Gasteiger partial charge in [-0.25, -0.2) is 0 Å². The Labute approximate surface area is 75.1 Å². The zero-order chi connectivity index (χ0) is 8.97. The van der Waals surface area contributed by atoms with Crippen molar-refractivity contribution in [3.05, 3.63) is 35.6 Å². The summed E-state index contributed by atoms with van der Waals surface area (Å²) in [6.45, 7) is 3.35. The Morgan fingerprint density at radius 1 is 1.58 bits per heavy atom. The number of hydrogen-bond acceptors (Lipinski definition) is 3. The van der Waals surface area contributed by atoms with E-state index in [1.54, 1.807) is 12.1 Å². The average Bonchev–Trinajstić information content (AvgIpc) is 2.09. The maximum Gasteiger partial charge on any atom is 0.161 e. The van der Waals surface area contributed by atoms with E-state index >= 15 is 0 Å². The van der Waals surface area contributed by atoms with E-state index in [1.165, 1.54) is 6.08 Å². The molecule has 0 radical (unpaired) electrons. The summed E-state index contributed by atoms with van der Waals surface area (Å²) >= 11 is 5.50. The van der Waals surface area contributed by atoms with Crippen LogP contribution in [-0.2, 0) is 11.2 Å². The first-order valence-electron chi connectivity index (χ1n) is 3.36. The van der Waals surface area contributed by atoms with Crippen LogP contribution < -0.4 is 0 Å². The second kappa shape index (κ2) is 3.97. The van der Waals surface area contributed by atoms with Gasteiger partial charge in [0.15, 0.2) is 10.9 Å². The van der Waals surface area contributed by atoms with Crippen molar-refractivity contribution < 1.29 is 4.79 Å². The number of halogens is 1. The monoisotopic (exact) mass is 182 g/mol. The molecule has 0 aliphatic heterocycles. The fraction of sp³-hybridized carbons (Fsp3) is 0.125. The number of aromatic nitrogens is 2. The average molecular weight is 183 g/mol. The lowest BCUT2D eigenvalue weighted by Crippen LogP contribution is -2.01. The normalized spacial score (nSPS) is 9.42. The minimum absolute atomic E-state index is 0.0772. The van der Waals surface area contributed by atoms with Gasteiger partial charge in [0.2, 0.25) is 0 Å². The molecule has 0 unspecified atom stereocenters. The van der Waals surface area contributed by atoms with Gasteiger partial charge >= 0.3 is 0 Å². The van der Waals surface area contributed by atoms with Crippen LogP contribution in [0.25, 0.3) is 0 Å². The van der Waals surface area contributed by atoms with E-state index in [-0.39, 0.29) is 12.2 Å². The highest BCUT2D eigenvalue weighted by Crippen LogP contribution is 2.02. The predicted molar refractivity (Wildman–Crippen MR) is 46.0 cm³/mol. The van der Waals surface area contributed by atoms with Gasteiger partial charge in [0, 0.05) is 0 Å². The molecular formula is C8H7ClN2O. The van der Waals surface area contributed by atoms with E-state index in [1.807, 2.05) is 0 Å². The Hall–Kier alpha value is -1.22. The smallest absolute Gasteiger partial charge is 0.161 e. The molecule has 0 aliphatic rings. The molecular weight excluding hydrogens is 176 g/mol.